The van der Waals surface area contributed by atoms with Crippen LogP contribution in [0.15, 0.2) is 168 Å². The Bertz CT molecular complexity index is 3380. The van der Waals surface area contributed by atoms with Gasteiger partial charge in [-0.3, -0.25) is 9.59 Å². The van der Waals surface area contributed by atoms with Gasteiger partial charge in [-0.2, -0.15) is 0 Å². The van der Waals surface area contributed by atoms with Crippen molar-refractivity contribution in [2.75, 3.05) is 10.7 Å². The van der Waals surface area contributed by atoms with E-state index in [-0.39, 0.29) is 11.1 Å². The van der Waals surface area contributed by atoms with Gasteiger partial charge in [0.05, 0.1) is 44.5 Å². The minimum Gasteiger partial charge on any atom is -0.314 e. The van der Waals surface area contributed by atoms with E-state index in [1.165, 1.54) is 64.2 Å². The lowest BCUT2D eigenvalue weighted by Crippen LogP contribution is -2.24. The number of para-hydroxylation sites is 4. The molecular formula is C64H66Br2N6O2. The number of nitrogens with zero attached hydrogens (tertiary/aromatic N) is 6. The molecule has 0 aliphatic heterocycles. The lowest BCUT2D eigenvalue weighted by Gasteiger charge is -2.16. The van der Waals surface area contributed by atoms with Gasteiger partial charge < -0.3 is 17.9 Å². The number of halogens is 2. The zero-order valence-corrected chi connectivity index (χ0v) is 45.6. The second-order valence-corrected chi connectivity index (χ2v) is 21.3. The summed E-state index contributed by atoms with van der Waals surface area (Å²) in [5, 5.41) is 2.13. The van der Waals surface area contributed by atoms with Crippen molar-refractivity contribution in [1.82, 2.24) is 27.9 Å². The molecule has 0 unspecified atom stereocenters. The zero-order chi connectivity index (χ0) is 50.6. The van der Waals surface area contributed by atoms with Crippen LogP contribution in [-0.4, -0.2) is 38.6 Å². The van der Waals surface area contributed by atoms with Crippen LogP contribution in [0, 0.1) is 0 Å². The summed E-state index contributed by atoms with van der Waals surface area (Å²) >= 11 is 7.14. The number of fused-ring (bicyclic) bond motifs is 4. The highest BCUT2D eigenvalue weighted by molar-refractivity contribution is 9.09. The molecule has 10 aromatic rings. The molecule has 4 aromatic carbocycles. The number of benzene rings is 4. The molecule has 10 heteroatoms. The van der Waals surface area contributed by atoms with Crippen LogP contribution >= 0.6 is 31.9 Å². The number of alkyl halides is 2. The van der Waals surface area contributed by atoms with Gasteiger partial charge >= 0.3 is 0 Å². The van der Waals surface area contributed by atoms with Crippen molar-refractivity contribution >= 4 is 65.0 Å². The molecule has 0 saturated heterocycles. The number of aryl methyl sites for hydroxylation is 2. The molecule has 0 fully saturated rings. The monoisotopic (exact) mass is 1110 g/mol. The quantitative estimate of drug-likeness (QED) is 0.0422. The number of hydrogen-bond donors (Lipinski definition) is 0. The predicted octanol–water partition coefficient (Wildman–Crippen LogP) is 17.0. The van der Waals surface area contributed by atoms with Crippen LogP contribution in [0.4, 0.5) is 0 Å². The lowest BCUT2D eigenvalue weighted by molar-refractivity contribution is 0.544. The Hall–Kier alpha value is -6.36. The Morgan fingerprint density at radius 3 is 1.05 bits per heavy atom. The summed E-state index contributed by atoms with van der Waals surface area (Å²) in [4.78, 5) is 42.5. The fourth-order valence-corrected chi connectivity index (χ4v) is 11.9. The number of hydrogen-bond acceptors (Lipinski definition) is 4. The molecule has 0 amide bonds. The molecule has 0 aliphatic rings. The largest absolute Gasteiger partial charge is 0.314 e. The van der Waals surface area contributed by atoms with E-state index in [2.05, 4.69) is 126 Å². The third kappa shape index (κ3) is 10.8. The second kappa shape index (κ2) is 24.8. The number of unbranched alkanes of at least 4 members (excludes halogenated alkanes) is 14. The van der Waals surface area contributed by atoms with Crippen molar-refractivity contribution < 1.29 is 0 Å². The summed E-state index contributed by atoms with van der Waals surface area (Å²) in [5.74, 6) is 0. The van der Waals surface area contributed by atoms with E-state index >= 15 is 9.59 Å². The summed E-state index contributed by atoms with van der Waals surface area (Å²) < 4.78 is 8.36. The molecular weight excluding hydrogens is 1040 g/mol. The summed E-state index contributed by atoms with van der Waals surface area (Å²) in [5.41, 5.74) is 12.2. The maximum Gasteiger partial charge on any atom is 0.277 e. The zero-order valence-electron chi connectivity index (χ0n) is 42.4. The third-order valence-corrected chi connectivity index (χ3v) is 15.9. The van der Waals surface area contributed by atoms with E-state index < -0.39 is 0 Å². The first-order chi connectivity index (χ1) is 36.6. The van der Waals surface area contributed by atoms with Crippen LogP contribution in [0.5, 0.6) is 0 Å². The third-order valence-electron chi connectivity index (χ3n) is 14.7. The van der Waals surface area contributed by atoms with Gasteiger partial charge in [-0.05, 0) is 85.3 Å². The standard InChI is InChI=1S/C64H66Br2N6O2/c65-41-25-9-5-1-3-7-11-27-45-71-51-37-21-19-35-49(51)67-59(63(71)73)57-55(47-31-15-13-16-32-47)53-39-23-29-43-69(53)61(57)62-58(56(48-33-17-14-18-34-48)54-40-24-30-44-70(54)62)60-64(74)72(52-38-22-20-36-50(52)68-60)46-28-12-8-4-2-6-10-26-42-66/h13-24,29-40,43-44H,1-12,25-28,41-42,45-46H2. The maximum absolute atomic E-state index is 15.8. The van der Waals surface area contributed by atoms with Crippen molar-refractivity contribution in [2.24, 2.45) is 0 Å². The van der Waals surface area contributed by atoms with E-state index in [9.17, 15) is 0 Å². The molecule has 8 nitrogen and oxygen atoms in total. The number of aromatic nitrogens is 6. The van der Waals surface area contributed by atoms with Crippen molar-refractivity contribution in [1.29, 1.82) is 0 Å². The van der Waals surface area contributed by atoms with Gasteiger partial charge in [0, 0.05) is 58.4 Å². The average Bonchev–Trinajstić information content (AvgIpc) is 3.97. The molecule has 0 radical (unpaired) electrons. The van der Waals surface area contributed by atoms with Crippen LogP contribution in [-0.2, 0) is 13.1 Å². The molecule has 0 spiro atoms. The van der Waals surface area contributed by atoms with E-state index in [4.69, 9.17) is 9.97 Å². The summed E-state index contributed by atoms with van der Waals surface area (Å²) in [6.07, 6.45) is 22.7. The summed E-state index contributed by atoms with van der Waals surface area (Å²) in [6.45, 7) is 1.16. The topological polar surface area (TPSA) is 78.6 Å². The molecule has 0 bridgehead atoms. The fraction of sp³-hybridized carbons (Fsp3) is 0.312. The Morgan fingerprint density at radius 1 is 0.338 bits per heavy atom. The molecule has 0 N–H and O–H groups in total. The van der Waals surface area contributed by atoms with Crippen LogP contribution in [0.25, 0.3) is 89.3 Å². The first-order valence-corrected chi connectivity index (χ1v) is 29.3. The van der Waals surface area contributed by atoms with Gasteiger partial charge in [0.25, 0.3) is 11.1 Å². The number of rotatable bonds is 25. The van der Waals surface area contributed by atoms with Gasteiger partial charge in [0.1, 0.15) is 11.4 Å². The van der Waals surface area contributed by atoms with Crippen LogP contribution < -0.4 is 11.1 Å². The van der Waals surface area contributed by atoms with Gasteiger partial charge in [-0.15, -0.1) is 0 Å². The minimum atomic E-state index is -0.136. The van der Waals surface area contributed by atoms with Gasteiger partial charge in [0.2, 0.25) is 0 Å². The molecule has 378 valence electrons. The predicted molar refractivity (Wildman–Crippen MR) is 316 cm³/mol. The Morgan fingerprint density at radius 2 is 0.662 bits per heavy atom. The maximum atomic E-state index is 15.8. The highest BCUT2D eigenvalue weighted by atomic mass is 79.9. The van der Waals surface area contributed by atoms with Gasteiger partial charge in [-0.25, -0.2) is 9.97 Å². The smallest absolute Gasteiger partial charge is 0.277 e. The van der Waals surface area contributed by atoms with Crippen LogP contribution in [0.2, 0.25) is 0 Å². The van der Waals surface area contributed by atoms with Crippen LogP contribution in [0.1, 0.15) is 103 Å². The first-order valence-electron chi connectivity index (χ1n) is 27.1. The van der Waals surface area contributed by atoms with Gasteiger partial charge in [0.15, 0.2) is 0 Å². The SMILES string of the molecule is O=c1c(-c2c(-c3ccccc3)c3ccccn3c2-c2c(-c3nc4ccccc4n(CCCCCCCCCCBr)c3=O)c(-c3ccccc3)c3ccccn23)nc2ccccc2n1CCCCCCCCCCBr. The highest BCUT2D eigenvalue weighted by Crippen LogP contribution is 2.50. The highest BCUT2D eigenvalue weighted by Gasteiger charge is 2.33. The summed E-state index contributed by atoms with van der Waals surface area (Å²) in [7, 11) is 0. The number of pyridine rings is 2. The second-order valence-electron chi connectivity index (χ2n) is 19.7. The van der Waals surface area contributed by atoms with Gasteiger partial charge in [-0.1, -0.05) is 206 Å². The van der Waals surface area contributed by atoms with Crippen molar-refractivity contribution in [3.8, 4) is 56.2 Å². The Kier molecular flexibility index (Phi) is 17.1. The molecule has 10 rings (SSSR count). The Labute approximate surface area is 451 Å². The molecule has 0 aliphatic carbocycles. The van der Waals surface area contributed by atoms with E-state index in [1.807, 2.05) is 81.9 Å². The minimum absolute atomic E-state index is 0.136. The molecule has 0 atom stereocenters. The summed E-state index contributed by atoms with van der Waals surface area (Å²) in [6, 6.07) is 49.4. The fourth-order valence-electron chi connectivity index (χ4n) is 11.1. The van der Waals surface area contributed by atoms with E-state index in [0.717, 1.165) is 116 Å². The Balaban J connectivity index is 1.21. The molecule has 6 aromatic heterocycles. The normalized spacial score (nSPS) is 11.8. The van der Waals surface area contributed by atoms with Crippen molar-refractivity contribution in [3.63, 3.8) is 0 Å². The molecule has 0 saturated carbocycles. The molecule has 74 heavy (non-hydrogen) atoms. The first kappa shape index (κ1) is 51.1. The van der Waals surface area contributed by atoms with E-state index in [0.29, 0.717) is 35.6 Å². The lowest BCUT2D eigenvalue weighted by atomic mass is 9.94. The van der Waals surface area contributed by atoms with E-state index in [1.54, 1.807) is 0 Å². The van der Waals surface area contributed by atoms with Crippen LogP contribution in [0.3, 0.4) is 0 Å². The van der Waals surface area contributed by atoms with Crippen molar-refractivity contribution in [3.05, 3.63) is 179 Å². The average molecular weight is 1110 g/mol. The molecule has 6 heterocycles. The van der Waals surface area contributed by atoms with Crippen molar-refractivity contribution in [2.45, 2.75) is 116 Å².